The number of hydrogen-bond acceptors (Lipinski definition) is 5. The molecule has 0 amide bonds. The highest BCUT2D eigenvalue weighted by atomic mass is 16.4. The van der Waals surface area contributed by atoms with Crippen LogP contribution in [0, 0.1) is 6.92 Å². The fraction of sp³-hybridized carbons (Fsp3) is 0.250. The van der Waals surface area contributed by atoms with Gasteiger partial charge in [0.2, 0.25) is 12.0 Å². The first kappa shape index (κ1) is 5.65. The van der Waals surface area contributed by atoms with E-state index in [2.05, 4.69) is 19.6 Å². The molecule has 46 valence electrons. The lowest BCUT2D eigenvalue weighted by Crippen LogP contribution is -1.66. The van der Waals surface area contributed by atoms with Gasteiger partial charge in [-0.1, -0.05) is 5.10 Å². The Kier molecular flexibility index (Phi) is 1.38. The van der Waals surface area contributed by atoms with Gasteiger partial charge in [-0.3, -0.25) is 0 Å². The summed E-state index contributed by atoms with van der Waals surface area (Å²) in [6.45, 7) is 1.61. The molecular weight excluding hydrogens is 122 g/mol. The molecule has 0 unspecified atom stereocenters. The Bertz CT molecular complexity index is 248. The number of aliphatic imine (C=N–C) groups is 1. The largest absolute Gasteiger partial charge is 0.406 e. The van der Waals surface area contributed by atoms with Gasteiger partial charge in [0.25, 0.3) is 0 Å². The molecule has 0 aliphatic carbocycles. The van der Waals surface area contributed by atoms with Crippen molar-refractivity contribution in [1.29, 1.82) is 0 Å². The number of hydrogen-bond donors (Lipinski definition) is 0. The molecule has 0 spiro atoms. The van der Waals surface area contributed by atoms with Gasteiger partial charge in [0, 0.05) is 6.92 Å². The highest BCUT2D eigenvalue weighted by Crippen LogP contribution is 2.05. The van der Waals surface area contributed by atoms with E-state index in [1.807, 2.05) is 0 Å². The Morgan fingerprint density at radius 2 is 2.44 bits per heavy atom. The van der Waals surface area contributed by atoms with Crippen LogP contribution in [0.3, 0.4) is 0 Å². The average molecular weight is 125 g/mol. The van der Waals surface area contributed by atoms with Gasteiger partial charge in [-0.05, 0) is 0 Å². The Labute approximate surface area is 50.4 Å². The minimum atomic E-state index is -0.0532. The predicted molar refractivity (Wildman–Crippen MR) is 26.8 cm³/mol. The van der Waals surface area contributed by atoms with Crippen molar-refractivity contribution in [2.75, 3.05) is 0 Å². The highest BCUT2D eigenvalue weighted by Gasteiger charge is 1.96. The zero-order chi connectivity index (χ0) is 6.69. The van der Waals surface area contributed by atoms with Gasteiger partial charge in [0.1, 0.15) is 0 Å². The maximum absolute atomic E-state index is 9.56. The van der Waals surface area contributed by atoms with E-state index in [9.17, 15) is 4.79 Å². The smallest absolute Gasteiger partial charge is 0.353 e. The maximum Gasteiger partial charge on any atom is 0.353 e. The third-order valence-electron chi connectivity index (χ3n) is 0.657. The van der Waals surface area contributed by atoms with E-state index in [4.69, 9.17) is 0 Å². The Morgan fingerprint density at radius 3 is 2.89 bits per heavy atom. The molecule has 1 rings (SSSR count). The lowest BCUT2D eigenvalue weighted by molar-refractivity contribution is 0.524. The fourth-order valence-corrected chi connectivity index (χ4v) is 0.370. The topological polar surface area (TPSA) is 68.3 Å². The summed E-state index contributed by atoms with van der Waals surface area (Å²) in [6, 6.07) is -0.0532. The second-order valence-corrected chi connectivity index (χ2v) is 1.31. The normalized spacial score (nSPS) is 8.56. The van der Waals surface area contributed by atoms with Crippen molar-refractivity contribution in [3.63, 3.8) is 0 Å². The first-order chi connectivity index (χ1) is 4.33. The van der Waals surface area contributed by atoms with Crippen LogP contribution in [-0.4, -0.2) is 16.3 Å². The molecular formula is C4H3N3O2. The molecule has 0 saturated heterocycles. The van der Waals surface area contributed by atoms with Crippen molar-refractivity contribution in [3.05, 3.63) is 5.89 Å². The second-order valence-electron chi connectivity index (χ2n) is 1.31. The van der Waals surface area contributed by atoms with E-state index in [-0.39, 0.29) is 6.01 Å². The summed E-state index contributed by atoms with van der Waals surface area (Å²) in [5.41, 5.74) is 0. The van der Waals surface area contributed by atoms with E-state index < -0.39 is 0 Å². The minimum Gasteiger partial charge on any atom is -0.406 e. The number of carbonyl (C=O) groups excluding carboxylic acids is 1. The van der Waals surface area contributed by atoms with Crippen LogP contribution in [0.1, 0.15) is 5.89 Å². The van der Waals surface area contributed by atoms with Crippen molar-refractivity contribution >= 4 is 12.1 Å². The second kappa shape index (κ2) is 2.19. The Balaban J connectivity index is 2.97. The zero-order valence-corrected chi connectivity index (χ0v) is 4.66. The van der Waals surface area contributed by atoms with Crippen LogP contribution in [0.25, 0.3) is 0 Å². The van der Waals surface area contributed by atoms with Gasteiger partial charge >= 0.3 is 6.01 Å². The minimum absolute atomic E-state index is 0.0532. The van der Waals surface area contributed by atoms with Gasteiger partial charge in [0.15, 0.2) is 0 Å². The standard InChI is InChI=1S/C4H3N3O2/c1-3-6-7-4(9-3)5-2-8/h1H3. The van der Waals surface area contributed by atoms with Crippen LogP contribution in [-0.2, 0) is 4.79 Å². The van der Waals surface area contributed by atoms with Crippen LogP contribution in [0.5, 0.6) is 0 Å². The Morgan fingerprint density at radius 1 is 1.67 bits per heavy atom. The number of nitrogens with zero attached hydrogens (tertiary/aromatic N) is 3. The number of aryl methyl sites for hydroxylation is 1. The number of aromatic nitrogens is 2. The monoisotopic (exact) mass is 125 g/mol. The molecule has 5 nitrogen and oxygen atoms in total. The van der Waals surface area contributed by atoms with Crippen molar-refractivity contribution in [2.45, 2.75) is 6.92 Å². The molecule has 1 aromatic rings. The average Bonchev–Trinajstić information content (AvgIpc) is 2.17. The van der Waals surface area contributed by atoms with Crippen LogP contribution >= 0.6 is 0 Å². The number of rotatable bonds is 1. The van der Waals surface area contributed by atoms with E-state index in [1.165, 1.54) is 6.08 Å². The van der Waals surface area contributed by atoms with Gasteiger partial charge in [-0.25, -0.2) is 4.79 Å². The molecule has 0 aliphatic heterocycles. The predicted octanol–water partition coefficient (Wildman–Crippen LogP) is 0.345. The van der Waals surface area contributed by atoms with Gasteiger partial charge in [0.05, 0.1) is 0 Å². The summed E-state index contributed by atoms with van der Waals surface area (Å²) < 4.78 is 4.67. The lowest BCUT2D eigenvalue weighted by atomic mass is 10.8. The molecule has 0 fully saturated rings. The molecule has 9 heavy (non-hydrogen) atoms. The third-order valence-corrected chi connectivity index (χ3v) is 0.657. The van der Waals surface area contributed by atoms with Gasteiger partial charge in [-0.15, -0.1) is 10.1 Å². The van der Waals surface area contributed by atoms with E-state index in [1.54, 1.807) is 6.92 Å². The van der Waals surface area contributed by atoms with E-state index >= 15 is 0 Å². The SMILES string of the molecule is Cc1nnc(N=C=O)o1. The van der Waals surface area contributed by atoms with Crippen LogP contribution in [0.4, 0.5) is 6.01 Å². The van der Waals surface area contributed by atoms with Crippen LogP contribution in [0.15, 0.2) is 9.41 Å². The van der Waals surface area contributed by atoms with Crippen molar-refractivity contribution in [2.24, 2.45) is 4.99 Å². The summed E-state index contributed by atoms with van der Waals surface area (Å²) in [5.74, 6) is 0.379. The molecule has 5 heteroatoms. The molecule has 0 radical (unpaired) electrons. The summed E-state index contributed by atoms with van der Waals surface area (Å²) in [6.07, 6.45) is 1.28. The summed E-state index contributed by atoms with van der Waals surface area (Å²) >= 11 is 0. The van der Waals surface area contributed by atoms with Gasteiger partial charge < -0.3 is 4.42 Å². The van der Waals surface area contributed by atoms with E-state index in [0.29, 0.717) is 5.89 Å². The zero-order valence-electron chi connectivity index (χ0n) is 4.66. The highest BCUT2D eigenvalue weighted by molar-refractivity contribution is 5.39. The number of isocyanates is 1. The molecule has 0 aliphatic rings. The molecule has 0 bridgehead atoms. The van der Waals surface area contributed by atoms with Crippen molar-refractivity contribution in [3.8, 4) is 0 Å². The first-order valence-corrected chi connectivity index (χ1v) is 2.21. The molecule has 1 aromatic heterocycles. The van der Waals surface area contributed by atoms with Crippen LogP contribution in [0.2, 0.25) is 0 Å². The first-order valence-electron chi connectivity index (χ1n) is 2.21. The molecule has 0 aromatic carbocycles. The fourth-order valence-electron chi connectivity index (χ4n) is 0.370. The summed E-state index contributed by atoms with van der Waals surface area (Å²) in [7, 11) is 0. The molecule has 0 N–H and O–H groups in total. The van der Waals surface area contributed by atoms with Crippen molar-refractivity contribution < 1.29 is 9.21 Å². The summed E-state index contributed by atoms with van der Waals surface area (Å²) in [5, 5.41) is 6.81. The van der Waals surface area contributed by atoms with Crippen molar-refractivity contribution in [1.82, 2.24) is 10.2 Å². The van der Waals surface area contributed by atoms with Gasteiger partial charge in [-0.2, -0.15) is 0 Å². The van der Waals surface area contributed by atoms with Crippen LogP contribution < -0.4 is 0 Å². The lowest BCUT2D eigenvalue weighted by Gasteiger charge is -1.70. The van der Waals surface area contributed by atoms with E-state index in [0.717, 1.165) is 0 Å². The molecule has 1 heterocycles. The quantitative estimate of drug-likeness (QED) is 0.401. The molecule has 0 saturated carbocycles. The Hall–Kier alpha value is -1.48. The summed E-state index contributed by atoms with van der Waals surface area (Å²) in [4.78, 5) is 12.6. The maximum atomic E-state index is 9.56. The molecule has 0 atom stereocenters. The third kappa shape index (κ3) is 1.20.